The van der Waals surface area contributed by atoms with Crippen LogP contribution >= 0.6 is 11.3 Å². The molecule has 0 spiro atoms. The molecule has 2 aromatic carbocycles. The third-order valence-corrected chi connectivity index (χ3v) is 6.38. The molecular weight excluding hydrogens is 414 g/mol. The summed E-state index contributed by atoms with van der Waals surface area (Å²) in [5, 5.41) is 0.693. The van der Waals surface area contributed by atoms with Crippen molar-refractivity contribution in [3.8, 4) is 11.5 Å². The van der Waals surface area contributed by atoms with Crippen LogP contribution in [0.2, 0.25) is 0 Å². The minimum absolute atomic E-state index is 0.0769. The Morgan fingerprint density at radius 3 is 2.68 bits per heavy atom. The molecule has 0 aliphatic carbocycles. The van der Waals surface area contributed by atoms with Gasteiger partial charge in [-0.2, -0.15) is 0 Å². The van der Waals surface area contributed by atoms with E-state index in [2.05, 4.69) is 4.90 Å². The van der Waals surface area contributed by atoms with E-state index in [1.54, 1.807) is 25.2 Å². The third-order valence-electron chi connectivity index (χ3n) is 5.34. The van der Waals surface area contributed by atoms with Crippen molar-refractivity contribution in [1.82, 2.24) is 9.88 Å². The fourth-order valence-corrected chi connectivity index (χ4v) is 4.63. The summed E-state index contributed by atoms with van der Waals surface area (Å²) < 4.78 is 17.1. The summed E-state index contributed by atoms with van der Waals surface area (Å²) >= 11 is 1.50. The van der Waals surface area contributed by atoms with Gasteiger partial charge in [-0.1, -0.05) is 17.4 Å². The van der Waals surface area contributed by atoms with Crippen LogP contribution in [0, 0.1) is 0 Å². The Morgan fingerprint density at radius 2 is 1.90 bits per heavy atom. The van der Waals surface area contributed by atoms with Crippen molar-refractivity contribution < 1.29 is 19.0 Å². The number of nitrogens with zero attached hydrogens (tertiary/aromatic N) is 3. The normalized spacial score (nSPS) is 14.5. The monoisotopic (exact) mass is 441 g/mol. The molecule has 0 atom stereocenters. The molecule has 1 aromatic heterocycles. The topological polar surface area (TPSA) is 64.1 Å². The van der Waals surface area contributed by atoms with E-state index in [0.29, 0.717) is 23.0 Å². The lowest BCUT2D eigenvalue weighted by atomic mass is 10.2. The van der Waals surface area contributed by atoms with Crippen molar-refractivity contribution in [2.45, 2.75) is 6.42 Å². The van der Waals surface area contributed by atoms with Crippen molar-refractivity contribution in [2.75, 3.05) is 58.5 Å². The van der Waals surface area contributed by atoms with Gasteiger partial charge in [-0.05, 0) is 42.8 Å². The molecule has 4 rings (SSSR count). The second-order valence-electron chi connectivity index (χ2n) is 7.33. The number of anilines is 1. The maximum absolute atomic E-state index is 13.5. The molecule has 8 heteroatoms. The molecule has 31 heavy (non-hydrogen) atoms. The van der Waals surface area contributed by atoms with Crippen molar-refractivity contribution >= 4 is 32.6 Å². The molecule has 1 saturated heterocycles. The zero-order valence-electron chi connectivity index (χ0n) is 17.9. The lowest BCUT2D eigenvalue weighted by molar-refractivity contribution is 0.0376. The fraction of sp³-hybridized carbons (Fsp3) is 0.391. The van der Waals surface area contributed by atoms with Gasteiger partial charge in [-0.3, -0.25) is 14.6 Å². The summed E-state index contributed by atoms with van der Waals surface area (Å²) in [7, 11) is 3.25. The Kier molecular flexibility index (Phi) is 7.01. The predicted octanol–water partition coefficient (Wildman–Crippen LogP) is 3.68. The van der Waals surface area contributed by atoms with Gasteiger partial charge in [0.25, 0.3) is 5.91 Å². The van der Waals surface area contributed by atoms with E-state index < -0.39 is 0 Å². The average molecular weight is 442 g/mol. The maximum atomic E-state index is 13.5. The summed E-state index contributed by atoms with van der Waals surface area (Å²) in [6, 6.07) is 13.0. The molecule has 0 radical (unpaired) electrons. The predicted molar refractivity (Wildman–Crippen MR) is 123 cm³/mol. The number of methoxy groups -OCH3 is 2. The first-order valence-electron chi connectivity index (χ1n) is 10.4. The molecule has 164 valence electrons. The summed E-state index contributed by atoms with van der Waals surface area (Å²) in [4.78, 5) is 22.4. The Bertz CT molecular complexity index is 1030. The van der Waals surface area contributed by atoms with Crippen LogP contribution in [0.15, 0.2) is 42.5 Å². The molecule has 1 amide bonds. The first-order valence-corrected chi connectivity index (χ1v) is 11.2. The second-order valence-corrected chi connectivity index (χ2v) is 8.34. The number of thiazole rings is 1. The van der Waals surface area contributed by atoms with Gasteiger partial charge in [-0.25, -0.2) is 4.98 Å². The van der Waals surface area contributed by atoms with Crippen LogP contribution in [-0.2, 0) is 4.74 Å². The SMILES string of the molecule is COc1cccc(C(=O)N(CCCN2CCOCC2)c2nc3ccc(OC)cc3s2)c1. The number of hydrogen-bond donors (Lipinski definition) is 0. The van der Waals surface area contributed by atoms with Crippen molar-refractivity contribution in [2.24, 2.45) is 0 Å². The van der Waals surface area contributed by atoms with E-state index >= 15 is 0 Å². The van der Waals surface area contributed by atoms with E-state index in [0.717, 1.165) is 55.2 Å². The first kappa shape index (κ1) is 21.5. The molecule has 1 aliphatic rings. The van der Waals surface area contributed by atoms with Gasteiger partial charge in [-0.15, -0.1) is 0 Å². The van der Waals surface area contributed by atoms with Crippen LogP contribution in [-0.4, -0.2) is 69.4 Å². The lowest BCUT2D eigenvalue weighted by Crippen LogP contribution is -2.39. The van der Waals surface area contributed by atoms with Gasteiger partial charge in [0.15, 0.2) is 5.13 Å². The number of benzene rings is 2. The highest BCUT2D eigenvalue weighted by Gasteiger charge is 2.22. The van der Waals surface area contributed by atoms with Crippen LogP contribution in [0.4, 0.5) is 5.13 Å². The van der Waals surface area contributed by atoms with E-state index in [-0.39, 0.29) is 5.91 Å². The molecule has 3 aromatic rings. The molecule has 1 aliphatic heterocycles. The number of fused-ring (bicyclic) bond motifs is 1. The molecule has 7 nitrogen and oxygen atoms in total. The smallest absolute Gasteiger partial charge is 0.260 e. The Hall–Kier alpha value is -2.68. The Labute approximate surface area is 186 Å². The minimum atomic E-state index is -0.0769. The Morgan fingerprint density at radius 1 is 1.13 bits per heavy atom. The number of carbonyl (C=O) groups excluding carboxylic acids is 1. The number of aromatic nitrogens is 1. The molecule has 0 unspecified atom stereocenters. The van der Waals surface area contributed by atoms with Gasteiger partial charge >= 0.3 is 0 Å². The average Bonchev–Trinajstić information content (AvgIpc) is 3.25. The number of rotatable bonds is 8. The molecule has 0 bridgehead atoms. The summed E-state index contributed by atoms with van der Waals surface area (Å²) in [6.45, 7) is 4.92. The quantitative estimate of drug-likeness (QED) is 0.531. The Balaban J connectivity index is 1.58. The van der Waals surface area contributed by atoms with E-state index in [4.69, 9.17) is 19.2 Å². The first-order chi connectivity index (χ1) is 15.2. The number of carbonyl (C=O) groups is 1. The highest BCUT2D eigenvalue weighted by molar-refractivity contribution is 7.22. The number of hydrogen-bond acceptors (Lipinski definition) is 7. The van der Waals surface area contributed by atoms with E-state index in [9.17, 15) is 4.79 Å². The van der Waals surface area contributed by atoms with Crippen LogP contribution in [0.25, 0.3) is 10.2 Å². The molecule has 1 fully saturated rings. The van der Waals surface area contributed by atoms with Gasteiger partial charge in [0.05, 0.1) is 37.6 Å². The maximum Gasteiger partial charge on any atom is 0.260 e. The van der Waals surface area contributed by atoms with Crippen LogP contribution in [0.3, 0.4) is 0 Å². The highest BCUT2D eigenvalue weighted by Crippen LogP contribution is 2.32. The zero-order chi connectivity index (χ0) is 21.6. The van der Waals surface area contributed by atoms with Crippen molar-refractivity contribution in [1.29, 1.82) is 0 Å². The summed E-state index contributed by atoms with van der Waals surface area (Å²) in [5.41, 5.74) is 1.44. The van der Waals surface area contributed by atoms with Gasteiger partial charge < -0.3 is 14.2 Å². The van der Waals surface area contributed by atoms with Gasteiger partial charge in [0.2, 0.25) is 0 Å². The molecule has 2 heterocycles. The fourth-order valence-electron chi connectivity index (χ4n) is 3.61. The van der Waals surface area contributed by atoms with Crippen molar-refractivity contribution in [3.05, 3.63) is 48.0 Å². The van der Waals surface area contributed by atoms with Crippen LogP contribution in [0.1, 0.15) is 16.8 Å². The number of ether oxygens (including phenoxy) is 3. The van der Waals surface area contributed by atoms with Gasteiger partial charge in [0, 0.05) is 31.7 Å². The highest BCUT2D eigenvalue weighted by atomic mass is 32.1. The molecular formula is C23H27N3O4S. The summed E-state index contributed by atoms with van der Waals surface area (Å²) in [6.07, 6.45) is 0.856. The third kappa shape index (κ3) is 5.15. The lowest BCUT2D eigenvalue weighted by Gasteiger charge is -2.27. The minimum Gasteiger partial charge on any atom is -0.497 e. The van der Waals surface area contributed by atoms with Crippen LogP contribution < -0.4 is 14.4 Å². The largest absolute Gasteiger partial charge is 0.497 e. The van der Waals surface area contributed by atoms with Gasteiger partial charge in [0.1, 0.15) is 11.5 Å². The molecule has 0 saturated carbocycles. The van der Waals surface area contributed by atoms with Crippen LogP contribution in [0.5, 0.6) is 11.5 Å². The van der Waals surface area contributed by atoms with Crippen molar-refractivity contribution in [3.63, 3.8) is 0 Å². The zero-order valence-corrected chi connectivity index (χ0v) is 18.7. The van der Waals surface area contributed by atoms with E-state index in [1.807, 2.05) is 36.4 Å². The second kappa shape index (κ2) is 10.1. The summed E-state index contributed by atoms with van der Waals surface area (Å²) in [5.74, 6) is 1.36. The number of morpholine rings is 1. The number of amides is 1. The molecule has 0 N–H and O–H groups in total. The van der Waals surface area contributed by atoms with E-state index in [1.165, 1.54) is 11.3 Å². The standard InChI is InChI=1S/C23H27N3O4S/c1-28-18-6-3-5-17(15-18)22(27)26(10-4-9-25-11-13-30-14-12-25)23-24-20-8-7-19(29-2)16-21(20)31-23/h3,5-8,15-16H,4,9-14H2,1-2H3.